The lowest BCUT2D eigenvalue weighted by molar-refractivity contribution is 0.0523. The highest BCUT2D eigenvalue weighted by atomic mass is 16.6. The lowest BCUT2D eigenvalue weighted by Crippen LogP contribution is -2.43. The maximum atomic E-state index is 11.4. The second-order valence-corrected chi connectivity index (χ2v) is 5.36. The third-order valence-electron chi connectivity index (χ3n) is 2.50. The van der Waals surface area contributed by atoms with Crippen LogP contribution in [0.25, 0.3) is 0 Å². The molecule has 1 fully saturated rings. The zero-order valence-corrected chi connectivity index (χ0v) is 10.9. The molecule has 0 atom stereocenters. The number of rotatable bonds is 3. The molecule has 18 heavy (non-hydrogen) atoms. The molecule has 0 spiro atoms. The van der Waals surface area contributed by atoms with Gasteiger partial charge in [-0.3, -0.25) is 0 Å². The summed E-state index contributed by atoms with van der Waals surface area (Å²) in [6.07, 6.45) is 1.41. The number of hydrogen-bond acceptors (Lipinski definition) is 5. The first-order valence-electron chi connectivity index (χ1n) is 6.02. The van der Waals surface area contributed by atoms with Crippen molar-refractivity contribution >= 4 is 6.09 Å². The Balaban J connectivity index is 1.79. The molecule has 0 aromatic carbocycles. The largest absolute Gasteiger partial charge is 0.444 e. The number of ether oxygens (including phenoxy) is 1. The third-order valence-corrected chi connectivity index (χ3v) is 2.50. The van der Waals surface area contributed by atoms with E-state index in [0.29, 0.717) is 12.6 Å². The molecule has 1 aliphatic rings. The number of carbonyl (C=O) groups is 1. The maximum Gasteiger partial charge on any atom is 0.407 e. The van der Waals surface area contributed by atoms with E-state index in [1.54, 1.807) is 0 Å². The van der Waals surface area contributed by atoms with E-state index in [1.165, 1.54) is 0 Å². The van der Waals surface area contributed by atoms with Crippen molar-refractivity contribution in [3.05, 3.63) is 11.9 Å². The molecule has 0 saturated carbocycles. The van der Waals surface area contributed by atoms with Crippen LogP contribution >= 0.6 is 0 Å². The molecular formula is C11H19N5O2. The van der Waals surface area contributed by atoms with Crippen LogP contribution in [0.2, 0.25) is 0 Å². The Morgan fingerprint density at radius 2 is 2.33 bits per heavy atom. The van der Waals surface area contributed by atoms with Crippen LogP contribution in [0, 0.1) is 0 Å². The van der Waals surface area contributed by atoms with Crippen molar-refractivity contribution in [2.45, 2.75) is 39.0 Å². The fourth-order valence-corrected chi connectivity index (χ4v) is 1.51. The fourth-order valence-electron chi connectivity index (χ4n) is 1.51. The minimum absolute atomic E-state index is 0.328. The van der Waals surface area contributed by atoms with Gasteiger partial charge in [-0.05, 0) is 20.8 Å². The van der Waals surface area contributed by atoms with Crippen LogP contribution in [0.3, 0.4) is 0 Å². The van der Waals surface area contributed by atoms with Gasteiger partial charge < -0.3 is 15.4 Å². The van der Waals surface area contributed by atoms with E-state index >= 15 is 0 Å². The van der Waals surface area contributed by atoms with E-state index in [4.69, 9.17) is 4.74 Å². The second-order valence-electron chi connectivity index (χ2n) is 5.36. The number of alkyl carbamates (subject to hydrolysis) is 1. The van der Waals surface area contributed by atoms with E-state index in [1.807, 2.05) is 31.6 Å². The number of nitrogens with zero attached hydrogens (tertiary/aromatic N) is 3. The van der Waals surface area contributed by atoms with Gasteiger partial charge >= 0.3 is 6.09 Å². The molecule has 0 bridgehead atoms. The molecule has 0 radical (unpaired) electrons. The molecule has 1 aromatic rings. The Bertz CT molecular complexity index is 419. The number of aromatic nitrogens is 3. The van der Waals surface area contributed by atoms with Crippen LogP contribution in [-0.2, 0) is 11.3 Å². The van der Waals surface area contributed by atoms with Crippen LogP contribution in [-0.4, -0.2) is 39.8 Å². The van der Waals surface area contributed by atoms with Gasteiger partial charge in [0.05, 0.1) is 18.8 Å². The zero-order chi connectivity index (χ0) is 13.2. The second kappa shape index (κ2) is 4.93. The average molecular weight is 253 g/mol. The van der Waals surface area contributed by atoms with E-state index in [2.05, 4.69) is 20.9 Å². The van der Waals surface area contributed by atoms with Crippen molar-refractivity contribution in [3.63, 3.8) is 0 Å². The van der Waals surface area contributed by atoms with Crippen LogP contribution in [0.5, 0.6) is 0 Å². The summed E-state index contributed by atoms with van der Waals surface area (Å²) >= 11 is 0. The highest BCUT2D eigenvalue weighted by molar-refractivity contribution is 5.67. The average Bonchev–Trinajstić information content (AvgIpc) is 2.58. The molecule has 7 nitrogen and oxygen atoms in total. The summed E-state index contributed by atoms with van der Waals surface area (Å²) in [5.74, 6) is 0. The predicted octanol–water partition coefficient (Wildman–Crippen LogP) is 0.447. The van der Waals surface area contributed by atoms with Gasteiger partial charge in [0.1, 0.15) is 11.3 Å². The van der Waals surface area contributed by atoms with E-state index in [-0.39, 0.29) is 0 Å². The van der Waals surface area contributed by atoms with Gasteiger partial charge in [0.2, 0.25) is 0 Å². The van der Waals surface area contributed by atoms with Crippen LogP contribution < -0.4 is 10.6 Å². The Morgan fingerprint density at radius 3 is 2.89 bits per heavy atom. The summed E-state index contributed by atoms with van der Waals surface area (Å²) in [6, 6.07) is 0.382. The van der Waals surface area contributed by atoms with E-state index in [0.717, 1.165) is 18.8 Å². The molecular weight excluding hydrogens is 234 g/mol. The summed E-state index contributed by atoms with van der Waals surface area (Å²) in [5, 5.41) is 13.8. The molecule has 2 N–H and O–H groups in total. The third kappa shape index (κ3) is 3.43. The number of amides is 1. The first kappa shape index (κ1) is 12.8. The summed E-state index contributed by atoms with van der Waals surface area (Å²) in [5.41, 5.74) is 0.243. The van der Waals surface area contributed by atoms with Gasteiger partial charge in [0.15, 0.2) is 0 Å². The summed E-state index contributed by atoms with van der Waals surface area (Å²) in [4.78, 5) is 11.4. The number of carbonyl (C=O) groups excluding carboxylic acids is 1. The molecule has 1 amide bonds. The first-order valence-corrected chi connectivity index (χ1v) is 6.02. The Labute approximate surface area is 106 Å². The SMILES string of the molecule is CC(C)(C)OC(=O)NCc1cn(C2CNC2)nn1. The first-order chi connectivity index (χ1) is 8.44. The van der Waals surface area contributed by atoms with Gasteiger partial charge in [0.25, 0.3) is 0 Å². The minimum Gasteiger partial charge on any atom is -0.444 e. The van der Waals surface area contributed by atoms with Crippen LogP contribution in [0.1, 0.15) is 32.5 Å². The molecule has 2 heterocycles. The summed E-state index contributed by atoms with van der Waals surface area (Å²) < 4.78 is 6.95. The molecule has 0 unspecified atom stereocenters. The molecule has 1 saturated heterocycles. The summed E-state index contributed by atoms with van der Waals surface area (Å²) in [6.45, 7) is 7.64. The van der Waals surface area contributed by atoms with Gasteiger partial charge in [-0.2, -0.15) is 0 Å². The van der Waals surface area contributed by atoms with E-state index in [9.17, 15) is 4.79 Å². The lowest BCUT2D eigenvalue weighted by Gasteiger charge is -2.26. The van der Waals surface area contributed by atoms with Crippen LogP contribution in [0.4, 0.5) is 4.79 Å². The monoisotopic (exact) mass is 253 g/mol. The molecule has 100 valence electrons. The highest BCUT2D eigenvalue weighted by Crippen LogP contribution is 2.10. The Kier molecular flexibility index (Phi) is 3.51. The van der Waals surface area contributed by atoms with Crippen molar-refractivity contribution in [1.29, 1.82) is 0 Å². The quantitative estimate of drug-likeness (QED) is 0.817. The van der Waals surface area contributed by atoms with Gasteiger partial charge in [-0.1, -0.05) is 5.21 Å². The molecule has 1 aliphatic heterocycles. The van der Waals surface area contributed by atoms with Gasteiger partial charge in [-0.25, -0.2) is 9.48 Å². The molecule has 2 rings (SSSR count). The van der Waals surface area contributed by atoms with Crippen molar-refractivity contribution in [1.82, 2.24) is 25.6 Å². The smallest absolute Gasteiger partial charge is 0.407 e. The zero-order valence-electron chi connectivity index (χ0n) is 10.9. The Hall–Kier alpha value is -1.63. The summed E-state index contributed by atoms with van der Waals surface area (Å²) in [7, 11) is 0. The minimum atomic E-state index is -0.487. The topological polar surface area (TPSA) is 81.1 Å². The van der Waals surface area contributed by atoms with Crippen molar-refractivity contribution in [2.24, 2.45) is 0 Å². The van der Waals surface area contributed by atoms with Crippen LogP contribution in [0.15, 0.2) is 6.20 Å². The van der Waals surface area contributed by atoms with E-state index < -0.39 is 11.7 Å². The standard InChI is InChI=1S/C11H19N5O2/c1-11(2,3)18-10(17)13-4-8-7-16(15-14-8)9-5-12-6-9/h7,9,12H,4-6H2,1-3H3,(H,13,17). The molecule has 1 aromatic heterocycles. The number of nitrogens with one attached hydrogen (secondary N) is 2. The number of hydrogen-bond donors (Lipinski definition) is 2. The predicted molar refractivity (Wildman–Crippen MR) is 65.0 cm³/mol. The van der Waals surface area contributed by atoms with Gasteiger partial charge in [0, 0.05) is 13.1 Å². The highest BCUT2D eigenvalue weighted by Gasteiger charge is 2.20. The van der Waals surface area contributed by atoms with Crippen molar-refractivity contribution in [3.8, 4) is 0 Å². The van der Waals surface area contributed by atoms with Gasteiger partial charge in [-0.15, -0.1) is 5.10 Å². The van der Waals surface area contributed by atoms with Crippen molar-refractivity contribution < 1.29 is 9.53 Å². The Morgan fingerprint density at radius 1 is 1.61 bits per heavy atom. The normalized spacial score (nSPS) is 16.2. The molecule has 7 heteroatoms. The molecule has 0 aliphatic carbocycles. The van der Waals surface area contributed by atoms with Crippen molar-refractivity contribution in [2.75, 3.05) is 13.1 Å². The lowest BCUT2D eigenvalue weighted by atomic mass is 10.2. The maximum absolute atomic E-state index is 11.4. The fraction of sp³-hybridized carbons (Fsp3) is 0.727.